The van der Waals surface area contributed by atoms with Crippen LogP contribution in [0.25, 0.3) is 0 Å². The van der Waals surface area contributed by atoms with Crippen LogP contribution in [-0.2, 0) is 4.43 Å². The van der Waals surface area contributed by atoms with Crippen LogP contribution < -0.4 is 0 Å². The van der Waals surface area contributed by atoms with Gasteiger partial charge in [0.15, 0.2) is 0 Å². The molecular formula is C15H32OSi. The number of rotatable bonds is 5. The van der Waals surface area contributed by atoms with E-state index in [1.807, 2.05) is 0 Å². The summed E-state index contributed by atoms with van der Waals surface area (Å²) in [6.07, 6.45) is 4.51. The summed E-state index contributed by atoms with van der Waals surface area (Å²) >= 11 is 0. The smallest absolute Gasteiger partial charge is 0.200 e. The second-order valence-electron chi connectivity index (χ2n) is 6.98. The van der Waals surface area contributed by atoms with E-state index in [0.29, 0.717) is 6.10 Å². The van der Waals surface area contributed by atoms with E-state index in [0.717, 1.165) is 22.5 Å². The Balaban J connectivity index is 2.82. The maximum absolute atomic E-state index is 6.79. The van der Waals surface area contributed by atoms with Crippen molar-refractivity contribution in [3.05, 3.63) is 0 Å². The average molecular weight is 257 g/mol. The molecule has 0 heterocycles. The fourth-order valence-corrected chi connectivity index (χ4v) is 9.57. The zero-order chi connectivity index (χ0) is 13.2. The van der Waals surface area contributed by atoms with Crippen molar-refractivity contribution >= 4 is 8.32 Å². The van der Waals surface area contributed by atoms with Gasteiger partial charge in [-0.05, 0) is 41.8 Å². The standard InChI is InChI=1S/C15H32OSi/c1-11(2)17(12(3)4,13(5)6)16-15-9-8-14(7)10-15/h11-15H,8-10H2,1-7H3. The lowest BCUT2D eigenvalue weighted by atomic mass is 10.1. The van der Waals surface area contributed by atoms with Crippen molar-refractivity contribution in [2.45, 2.75) is 90.5 Å². The van der Waals surface area contributed by atoms with Crippen LogP contribution in [0.2, 0.25) is 16.6 Å². The van der Waals surface area contributed by atoms with Crippen molar-refractivity contribution in [3.63, 3.8) is 0 Å². The highest BCUT2D eigenvalue weighted by molar-refractivity contribution is 6.77. The van der Waals surface area contributed by atoms with Gasteiger partial charge < -0.3 is 4.43 Å². The Bertz CT molecular complexity index is 213. The van der Waals surface area contributed by atoms with Crippen LogP contribution >= 0.6 is 0 Å². The summed E-state index contributed by atoms with van der Waals surface area (Å²) in [4.78, 5) is 0. The van der Waals surface area contributed by atoms with Crippen LogP contribution in [0.1, 0.15) is 67.7 Å². The Labute approximate surface area is 109 Å². The van der Waals surface area contributed by atoms with Gasteiger partial charge in [-0.15, -0.1) is 0 Å². The predicted octanol–water partition coefficient (Wildman–Crippen LogP) is 5.37. The summed E-state index contributed by atoms with van der Waals surface area (Å²) in [7, 11) is -1.62. The zero-order valence-electron chi connectivity index (χ0n) is 12.9. The largest absolute Gasteiger partial charge is 0.413 e. The first-order valence-electron chi connectivity index (χ1n) is 7.48. The number of hydrogen-bond donors (Lipinski definition) is 0. The normalized spacial score (nSPS) is 26.5. The summed E-state index contributed by atoms with van der Waals surface area (Å²) in [5, 5.41) is 0. The Morgan fingerprint density at radius 1 is 0.882 bits per heavy atom. The highest BCUT2D eigenvalue weighted by Crippen LogP contribution is 2.45. The van der Waals surface area contributed by atoms with Gasteiger partial charge in [0, 0.05) is 6.10 Å². The van der Waals surface area contributed by atoms with E-state index in [1.165, 1.54) is 19.3 Å². The van der Waals surface area contributed by atoms with Crippen molar-refractivity contribution in [3.8, 4) is 0 Å². The van der Waals surface area contributed by atoms with Crippen LogP contribution in [0.3, 0.4) is 0 Å². The molecule has 17 heavy (non-hydrogen) atoms. The van der Waals surface area contributed by atoms with Gasteiger partial charge >= 0.3 is 0 Å². The minimum absolute atomic E-state index is 0.559. The van der Waals surface area contributed by atoms with Gasteiger partial charge in [-0.3, -0.25) is 0 Å². The van der Waals surface area contributed by atoms with Crippen molar-refractivity contribution in [1.82, 2.24) is 0 Å². The zero-order valence-corrected chi connectivity index (χ0v) is 13.9. The fraction of sp³-hybridized carbons (Fsp3) is 1.00. The molecule has 1 aliphatic rings. The van der Waals surface area contributed by atoms with Crippen molar-refractivity contribution in [1.29, 1.82) is 0 Å². The molecule has 0 saturated heterocycles. The fourth-order valence-electron chi connectivity index (χ4n) is 3.96. The minimum Gasteiger partial charge on any atom is -0.413 e. The molecule has 0 radical (unpaired) electrons. The average Bonchev–Trinajstić information content (AvgIpc) is 2.58. The van der Waals surface area contributed by atoms with E-state index in [9.17, 15) is 0 Å². The van der Waals surface area contributed by atoms with Gasteiger partial charge in [0.1, 0.15) is 0 Å². The molecule has 2 atom stereocenters. The van der Waals surface area contributed by atoms with E-state index in [-0.39, 0.29) is 0 Å². The first-order chi connectivity index (χ1) is 7.80. The lowest BCUT2D eigenvalue weighted by Gasteiger charge is -2.44. The van der Waals surface area contributed by atoms with Gasteiger partial charge in [-0.25, -0.2) is 0 Å². The molecule has 1 fully saturated rings. The topological polar surface area (TPSA) is 9.23 Å². The molecule has 0 aliphatic heterocycles. The maximum Gasteiger partial charge on any atom is 0.200 e. The molecular weight excluding hydrogens is 224 g/mol. The first kappa shape index (κ1) is 15.2. The van der Waals surface area contributed by atoms with Gasteiger partial charge in [-0.1, -0.05) is 48.5 Å². The van der Waals surface area contributed by atoms with Gasteiger partial charge in [0.25, 0.3) is 0 Å². The van der Waals surface area contributed by atoms with E-state index < -0.39 is 8.32 Å². The molecule has 2 unspecified atom stereocenters. The third kappa shape index (κ3) is 3.14. The summed E-state index contributed by atoms with van der Waals surface area (Å²) in [6, 6.07) is 0. The first-order valence-corrected chi connectivity index (χ1v) is 9.62. The molecule has 0 N–H and O–H groups in total. The Morgan fingerprint density at radius 3 is 1.65 bits per heavy atom. The molecule has 2 heteroatoms. The van der Waals surface area contributed by atoms with E-state index in [4.69, 9.17) is 4.43 Å². The third-order valence-electron chi connectivity index (χ3n) is 4.72. The van der Waals surface area contributed by atoms with Crippen LogP contribution in [0, 0.1) is 5.92 Å². The molecule has 1 saturated carbocycles. The maximum atomic E-state index is 6.79. The summed E-state index contributed by atoms with van der Waals surface area (Å²) < 4.78 is 6.79. The van der Waals surface area contributed by atoms with E-state index in [1.54, 1.807) is 0 Å². The molecule has 0 amide bonds. The highest BCUT2D eigenvalue weighted by Gasteiger charge is 2.47. The van der Waals surface area contributed by atoms with E-state index >= 15 is 0 Å². The molecule has 0 aromatic rings. The quantitative estimate of drug-likeness (QED) is 0.601. The molecule has 1 rings (SSSR count). The van der Waals surface area contributed by atoms with Crippen molar-refractivity contribution in [2.24, 2.45) is 5.92 Å². The van der Waals surface area contributed by atoms with Crippen LogP contribution in [0.15, 0.2) is 0 Å². The molecule has 102 valence electrons. The number of hydrogen-bond acceptors (Lipinski definition) is 1. The molecule has 0 aromatic carbocycles. The van der Waals surface area contributed by atoms with E-state index in [2.05, 4.69) is 48.5 Å². The molecule has 1 aliphatic carbocycles. The lowest BCUT2D eigenvalue weighted by Crippen LogP contribution is -2.49. The molecule has 0 aromatic heterocycles. The summed E-state index contributed by atoms with van der Waals surface area (Å²) in [6.45, 7) is 16.6. The Kier molecular flexibility index (Phi) is 5.27. The molecule has 0 bridgehead atoms. The Morgan fingerprint density at radius 2 is 1.35 bits per heavy atom. The second kappa shape index (κ2) is 5.88. The summed E-state index contributed by atoms with van der Waals surface area (Å²) in [5.74, 6) is 0.873. The lowest BCUT2D eigenvalue weighted by molar-refractivity contribution is 0.176. The van der Waals surface area contributed by atoms with Crippen LogP contribution in [-0.4, -0.2) is 14.4 Å². The van der Waals surface area contributed by atoms with Crippen LogP contribution in [0.4, 0.5) is 0 Å². The van der Waals surface area contributed by atoms with Gasteiger partial charge in [-0.2, -0.15) is 0 Å². The van der Waals surface area contributed by atoms with Crippen molar-refractivity contribution in [2.75, 3.05) is 0 Å². The monoisotopic (exact) mass is 256 g/mol. The van der Waals surface area contributed by atoms with Crippen LogP contribution in [0.5, 0.6) is 0 Å². The second-order valence-corrected chi connectivity index (χ2v) is 12.4. The van der Waals surface area contributed by atoms with Gasteiger partial charge in [0.2, 0.25) is 8.32 Å². The highest BCUT2D eigenvalue weighted by atomic mass is 28.4. The van der Waals surface area contributed by atoms with Crippen molar-refractivity contribution < 1.29 is 4.43 Å². The SMILES string of the molecule is CC1CCC(O[Si](C(C)C)(C(C)C)C(C)C)C1. The molecule has 0 spiro atoms. The Hall–Kier alpha value is 0.177. The molecule has 1 nitrogen and oxygen atoms in total. The summed E-state index contributed by atoms with van der Waals surface area (Å²) in [5.41, 5.74) is 2.16. The minimum atomic E-state index is -1.62. The predicted molar refractivity (Wildman–Crippen MR) is 78.9 cm³/mol. The third-order valence-corrected chi connectivity index (χ3v) is 10.9. The van der Waals surface area contributed by atoms with Gasteiger partial charge in [0.05, 0.1) is 0 Å².